The van der Waals surface area contributed by atoms with Gasteiger partial charge in [0.15, 0.2) is 6.30 Å². The van der Waals surface area contributed by atoms with Crippen molar-refractivity contribution in [3.63, 3.8) is 0 Å². The van der Waals surface area contributed by atoms with Gasteiger partial charge in [0.25, 0.3) is 0 Å². The minimum Gasteiger partial charge on any atom is -0.404 e. The first kappa shape index (κ1) is 24.2. The molecule has 1 atom stereocenters. The molecule has 0 saturated carbocycles. The first-order valence-electron chi connectivity index (χ1n) is 10.0. The second kappa shape index (κ2) is 14.2. The van der Waals surface area contributed by atoms with Crippen LogP contribution in [0.2, 0.25) is 0 Å². The van der Waals surface area contributed by atoms with Crippen molar-refractivity contribution in [3.05, 3.63) is 59.1 Å². The Hall–Kier alpha value is -2.83. The lowest BCUT2D eigenvalue weighted by atomic mass is 10.0. The second-order valence-electron chi connectivity index (χ2n) is 6.81. The molecule has 0 fully saturated rings. The summed E-state index contributed by atoms with van der Waals surface area (Å²) >= 11 is 0. The molecular weight excluding hydrogens is 367 g/mol. The lowest BCUT2D eigenvalue weighted by Crippen LogP contribution is -2.28. The van der Waals surface area contributed by atoms with Gasteiger partial charge in [-0.25, -0.2) is 4.39 Å². The van der Waals surface area contributed by atoms with Gasteiger partial charge in [0.05, 0.1) is 6.54 Å². The van der Waals surface area contributed by atoms with Crippen LogP contribution in [0.5, 0.6) is 0 Å². The molecule has 1 unspecified atom stereocenters. The van der Waals surface area contributed by atoms with E-state index in [2.05, 4.69) is 33.6 Å². The van der Waals surface area contributed by atoms with Gasteiger partial charge in [-0.2, -0.15) is 0 Å². The molecule has 1 heterocycles. The smallest absolute Gasteiger partial charge is 0.168 e. The van der Waals surface area contributed by atoms with Gasteiger partial charge in [0, 0.05) is 40.1 Å². The van der Waals surface area contributed by atoms with E-state index in [1.807, 2.05) is 25.3 Å². The van der Waals surface area contributed by atoms with Crippen LogP contribution >= 0.6 is 0 Å². The summed E-state index contributed by atoms with van der Waals surface area (Å²) in [6.07, 6.45) is 14.2. The molecule has 0 aromatic heterocycles. The average molecular weight is 407 g/mol. The Balaban J connectivity index is 0. The second-order valence-corrected chi connectivity index (χ2v) is 6.81. The van der Waals surface area contributed by atoms with Crippen LogP contribution in [0.15, 0.2) is 69.1 Å². The third-order valence-electron chi connectivity index (χ3n) is 4.10. The Bertz CT molecular complexity index is 722. The van der Waals surface area contributed by atoms with Gasteiger partial charge in [-0.1, -0.05) is 19.1 Å². The Morgan fingerprint density at radius 1 is 1.41 bits per heavy atom. The molecular formula is C22H39FN6. The molecule has 0 aromatic carbocycles. The number of nitrogens with zero attached hydrogens (tertiary/aromatic N) is 2. The molecule has 1 aliphatic rings. The molecule has 0 aromatic rings. The molecule has 1 aliphatic heterocycles. The Morgan fingerprint density at radius 2 is 2.21 bits per heavy atom. The van der Waals surface area contributed by atoms with Crippen LogP contribution in [-0.4, -0.2) is 38.0 Å². The molecule has 0 saturated heterocycles. The summed E-state index contributed by atoms with van der Waals surface area (Å²) in [5.74, 6) is 0.486. The van der Waals surface area contributed by atoms with E-state index in [4.69, 9.17) is 11.5 Å². The molecule has 6 N–H and O–H groups in total. The Kier molecular flexibility index (Phi) is 11.9. The summed E-state index contributed by atoms with van der Waals surface area (Å²) < 4.78 is 13.4. The van der Waals surface area contributed by atoms with E-state index in [1.165, 1.54) is 24.3 Å². The Morgan fingerprint density at radius 3 is 2.86 bits per heavy atom. The highest BCUT2D eigenvalue weighted by Crippen LogP contribution is 2.21. The number of rotatable bonds is 11. The molecule has 29 heavy (non-hydrogen) atoms. The molecule has 7 heteroatoms. The third kappa shape index (κ3) is 10.3. The highest BCUT2D eigenvalue weighted by Gasteiger charge is 2.10. The number of allylic oxidation sites excluding steroid dienone is 3. The van der Waals surface area contributed by atoms with Gasteiger partial charge in [-0.05, 0) is 62.1 Å². The van der Waals surface area contributed by atoms with Gasteiger partial charge in [0.1, 0.15) is 5.84 Å². The van der Waals surface area contributed by atoms with Crippen molar-refractivity contribution in [2.75, 3.05) is 19.6 Å². The summed E-state index contributed by atoms with van der Waals surface area (Å²) in [6, 6.07) is 0. The highest BCUT2D eigenvalue weighted by molar-refractivity contribution is 5.93. The van der Waals surface area contributed by atoms with E-state index in [0.717, 1.165) is 43.5 Å². The lowest BCUT2D eigenvalue weighted by molar-refractivity contribution is 0.340. The monoisotopic (exact) mass is 406 g/mol. The van der Waals surface area contributed by atoms with E-state index < -0.39 is 6.30 Å². The van der Waals surface area contributed by atoms with Crippen LogP contribution in [0, 0.1) is 0 Å². The maximum Gasteiger partial charge on any atom is 0.168 e. The minimum absolute atomic E-state index is 0. The highest BCUT2D eigenvalue weighted by atomic mass is 19.1. The van der Waals surface area contributed by atoms with Gasteiger partial charge < -0.3 is 22.1 Å². The number of nitrogens with two attached hydrogens (primary N) is 2. The van der Waals surface area contributed by atoms with Crippen LogP contribution in [0.1, 0.15) is 42.9 Å². The van der Waals surface area contributed by atoms with Crippen LogP contribution in [0.25, 0.3) is 0 Å². The van der Waals surface area contributed by atoms with E-state index in [-0.39, 0.29) is 2.85 Å². The third-order valence-corrected chi connectivity index (χ3v) is 4.10. The average Bonchev–Trinajstić information content (AvgIpc) is 3.13. The van der Waals surface area contributed by atoms with Crippen molar-refractivity contribution in [1.82, 2.24) is 10.6 Å². The number of aliphatic imine (C=N–C) groups is 2. The van der Waals surface area contributed by atoms with Crippen molar-refractivity contribution < 1.29 is 7.24 Å². The topological polar surface area (TPSA) is 101 Å². The zero-order valence-electron chi connectivity index (χ0n) is 17.8. The van der Waals surface area contributed by atoms with Crippen LogP contribution < -0.4 is 22.1 Å². The first-order valence-corrected chi connectivity index (χ1v) is 10.0. The molecule has 0 bridgehead atoms. The quantitative estimate of drug-likeness (QED) is 0.239. The number of alkyl halides is 1. The maximum atomic E-state index is 13.4. The first-order chi connectivity index (χ1) is 14.0. The van der Waals surface area contributed by atoms with E-state index in [1.54, 1.807) is 12.4 Å². The van der Waals surface area contributed by atoms with Crippen molar-refractivity contribution in [1.29, 1.82) is 0 Å². The van der Waals surface area contributed by atoms with Gasteiger partial charge in [-0.15, -0.1) is 0 Å². The van der Waals surface area contributed by atoms with Crippen molar-refractivity contribution in [2.24, 2.45) is 21.5 Å². The van der Waals surface area contributed by atoms with Gasteiger partial charge in [0.2, 0.25) is 0 Å². The largest absolute Gasteiger partial charge is 0.404 e. The lowest BCUT2D eigenvalue weighted by Gasteiger charge is -2.08. The maximum absolute atomic E-state index is 13.4. The predicted molar refractivity (Wildman–Crippen MR) is 127 cm³/mol. The predicted octanol–water partition coefficient (Wildman–Crippen LogP) is 3.72. The normalized spacial score (nSPS) is 18.6. The summed E-state index contributed by atoms with van der Waals surface area (Å²) in [5, 5.41) is 5.97. The minimum atomic E-state index is -1.19. The van der Waals surface area contributed by atoms with Crippen molar-refractivity contribution in [2.45, 2.75) is 46.3 Å². The number of amidine groups is 1. The molecule has 164 valence electrons. The van der Waals surface area contributed by atoms with E-state index >= 15 is 0 Å². The van der Waals surface area contributed by atoms with Crippen LogP contribution in [-0.2, 0) is 0 Å². The molecule has 0 amide bonds. The SMILES string of the molecule is CCCN=C/C(=C\N)CN=C(/C=C\CCC1=CNC/C1=C\C(C)=C/N)NC(C)F.[HH].[HH]. The zero-order chi connectivity index (χ0) is 21.5. The fraction of sp³-hybridized carbons (Fsp3) is 0.455. The zero-order valence-corrected chi connectivity index (χ0v) is 17.8. The fourth-order valence-electron chi connectivity index (χ4n) is 2.60. The van der Waals surface area contributed by atoms with Crippen molar-refractivity contribution in [3.8, 4) is 0 Å². The molecule has 0 aliphatic carbocycles. The number of hydrogen-bond acceptors (Lipinski definition) is 5. The standard InChI is InChI=1S/C22H35FN6.2H2/c1-4-9-26-13-19(12-25)14-28-22(29-18(3)23)8-6-5-7-20-15-27-16-21(20)10-17(2)11-24;;/h6,8,10-13,15,18,27H,4-5,7,9,14,16,24-25H2,1-3H3,(H,28,29);2*1H/b8-6-,17-11-,19-12+,21-10+,26-13?;;. The van der Waals surface area contributed by atoms with Gasteiger partial charge >= 0.3 is 0 Å². The number of halogens is 1. The molecule has 6 nitrogen and oxygen atoms in total. The summed E-state index contributed by atoms with van der Waals surface area (Å²) in [6.45, 7) is 7.37. The molecule has 0 radical (unpaired) electrons. The van der Waals surface area contributed by atoms with Gasteiger partial charge in [-0.3, -0.25) is 9.98 Å². The fourth-order valence-corrected chi connectivity index (χ4v) is 2.60. The number of nitrogens with one attached hydrogen (secondary N) is 2. The summed E-state index contributed by atoms with van der Waals surface area (Å²) in [4.78, 5) is 8.70. The molecule has 1 rings (SSSR count). The van der Waals surface area contributed by atoms with E-state index in [0.29, 0.717) is 12.4 Å². The van der Waals surface area contributed by atoms with Crippen molar-refractivity contribution >= 4 is 12.1 Å². The Labute approximate surface area is 177 Å². The van der Waals surface area contributed by atoms with Crippen LogP contribution in [0.3, 0.4) is 0 Å². The summed E-state index contributed by atoms with van der Waals surface area (Å²) in [5.41, 5.74) is 15.5. The number of hydrogen-bond donors (Lipinski definition) is 4. The summed E-state index contributed by atoms with van der Waals surface area (Å²) in [7, 11) is 0. The molecule has 0 spiro atoms. The van der Waals surface area contributed by atoms with E-state index in [9.17, 15) is 4.39 Å². The van der Waals surface area contributed by atoms with Crippen LogP contribution in [0.4, 0.5) is 4.39 Å².